The zero-order valence-corrected chi connectivity index (χ0v) is 19.6. The van der Waals surface area contributed by atoms with Crippen LogP contribution < -0.4 is 10.6 Å². The van der Waals surface area contributed by atoms with E-state index in [1.165, 1.54) is 0 Å². The van der Waals surface area contributed by atoms with Gasteiger partial charge in [-0.15, -0.1) is 0 Å². The van der Waals surface area contributed by atoms with E-state index < -0.39 is 0 Å². The third-order valence-electron chi connectivity index (χ3n) is 8.67. The number of carbonyl (C=O) groups excluding carboxylic acids is 2. The summed E-state index contributed by atoms with van der Waals surface area (Å²) in [5, 5.41) is 6.34. The Morgan fingerprint density at radius 2 is 1.90 bits per heavy atom. The van der Waals surface area contributed by atoms with Gasteiger partial charge in [0.1, 0.15) is 6.10 Å². The molecule has 31 heavy (non-hydrogen) atoms. The van der Waals surface area contributed by atoms with Crippen LogP contribution in [0, 0.1) is 35.5 Å². The van der Waals surface area contributed by atoms with Gasteiger partial charge >= 0.3 is 5.97 Å². The molecule has 0 radical (unpaired) electrons. The van der Waals surface area contributed by atoms with Gasteiger partial charge in [-0.1, -0.05) is 20.8 Å². The van der Waals surface area contributed by atoms with E-state index in [0.29, 0.717) is 37.1 Å². The van der Waals surface area contributed by atoms with Crippen molar-refractivity contribution in [2.75, 3.05) is 32.8 Å². The summed E-state index contributed by atoms with van der Waals surface area (Å²) < 4.78 is 12.2. The molecule has 1 saturated carbocycles. The molecule has 4 rings (SSSR count). The molecule has 9 atom stereocenters. The number of amides is 1. The predicted molar refractivity (Wildman–Crippen MR) is 118 cm³/mol. The lowest BCUT2D eigenvalue weighted by Crippen LogP contribution is -2.54. The van der Waals surface area contributed by atoms with Crippen LogP contribution in [0.1, 0.15) is 53.4 Å². The maximum atomic E-state index is 12.8. The van der Waals surface area contributed by atoms with Gasteiger partial charge in [0.2, 0.25) is 5.91 Å². The second-order valence-electron chi connectivity index (χ2n) is 10.5. The summed E-state index contributed by atoms with van der Waals surface area (Å²) in [5.74, 6) is 1.68. The average Bonchev–Trinajstić information content (AvgIpc) is 3.35. The zero-order chi connectivity index (χ0) is 22.1. The quantitative estimate of drug-likeness (QED) is 0.470. The fourth-order valence-corrected chi connectivity index (χ4v) is 6.48. The highest BCUT2D eigenvalue weighted by Gasteiger charge is 2.56. The van der Waals surface area contributed by atoms with Crippen molar-refractivity contribution >= 4 is 11.9 Å². The Bertz CT molecular complexity index is 653. The number of rotatable bonds is 7. The van der Waals surface area contributed by atoms with E-state index in [2.05, 4.69) is 43.2 Å². The Balaban J connectivity index is 1.26. The molecule has 4 fully saturated rings. The highest BCUT2D eigenvalue weighted by Crippen LogP contribution is 2.52. The molecular weight excluding hydrogens is 394 g/mol. The molecule has 1 amide bonds. The topological polar surface area (TPSA) is 79.9 Å². The molecule has 0 aromatic heterocycles. The minimum atomic E-state index is -0.179. The van der Waals surface area contributed by atoms with Crippen molar-refractivity contribution in [1.29, 1.82) is 0 Å². The predicted octanol–water partition coefficient (Wildman–Crippen LogP) is 2.01. The minimum Gasteiger partial charge on any atom is -0.461 e. The van der Waals surface area contributed by atoms with Crippen molar-refractivity contribution in [2.45, 2.75) is 71.7 Å². The molecule has 1 aliphatic carbocycles. The lowest BCUT2D eigenvalue weighted by Gasteiger charge is -2.49. The first kappa shape index (κ1) is 23.0. The second kappa shape index (κ2) is 9.75. The van der Waals surface area contributed by atoms with Gasteiger partial charge in [-0.2, -0.15) is 0 Å². The SMILES string of the molecule is CC1OC2C(C)C3OC(=O)C(CCC(=O)NCCCN4CCNC4)C(C)C3CC2C1C. The van der Waals surface area contributed by atoms with E-state index in [4.69, 9.17) is 9.47 Å². The molecular formula is C24H41N3O4. The number of ether oxygens (including phenoxy) is 2. The first-order chi connectivity index (χ1) is 14.9. The molecule has 0 spiro atoms. The number of nitrogens with one attached hydrogen (secondary N) is 2. The van der Waals surface area contributed by atoms with Crippen LogP contribution in [0.25, 0.3) is 0 Å². The molecule has 0 bridgehead atoms. The lowest BCUT2D eigenvalue weighted by atomic mass is 9.61. The maximum absolute atomic E-state index is 12.8. The number of hydrogen-bond donors (Lipinski definition) is 2. The summed E-state index contributed by atoms with van der Waals surface area (Å²) in [6.07, 6.45) is 3.41. The van der Waals surface area contributed by atoms with Gasteiger partial charge in [0.25, 0.3) is 0 Å². The van der Waals surface area contributed by atoms with Crippen LogP contribution in [0.15, 0.2) is 0 Å². The number of nitrogens with zero attached hydrogens (tertiary/aromatic N) is 1. The molecule has 3 aliphatic heterocycles. The van der Waals surface area contributed by atoms with Crippen molar-refractivity contribution in [3.63, 3.8) is 0 Å². The molecule has 0 aromatic rings. The summed E-state index contributed by atoms with van der Waals surface area (Å²) in [7, 11) is 0. The number of carbonyl (C=O) groups is 2. The van der Waals surface area contributed by atoms with Crippen molar-refractivity contribution in [3.8, 4) is 0 Å². The monoisotopic (exact) mass is 435 g/mol. The fraction of sp³-hybridized carbons (Fsp3) is 0.917. The van der Waals surface area contributed by atoms with E-state index in [1.807, 2.05) is 0 Å². The smallest absolute Gasteiger partial charge is 0.309 e. The molecule has 0 aromatic carbocycles. The van der Waals surface area contributed by atoms with Crippen molar-refractivity contribution in [3.05, 3.63) is 0 Å². The first-order valence-corrected chi connectivity index (χ1v) is 12.4. The van der Waals surface area contributed by atoms with Crippen LogP contribution in [0.5, 0.6) is 0 Å². The van der Waals surface area contributed by atoms with Crippen LogP contribution in [-0.2, 0) is 19.1 Å². The highest BCUT2D eigenvalue weighted by atomic mass is 16.6. The third-order valence-corrected chi connectivity index (χ3v) is 8.67. The van der Waals surface area contributed by atoms with Crippen LogP contribution in [0.3, 0.4) is 0 Å². The Kier molecular flexibility index (Phi) is 7.24. The fourth-order valence-electron chi connectivity index (χ4n) is 6.48. The largest absolute Gasteiger partial charge is 0.461 e. The normalized spacial score (nSPS) is 42.7. The molecule has 7 nitrogen and oxygen atoms in total. The highest BCUT2D eigenvalue weighted by molar-refractivity contribution is 5.78. The number of esters is 1. The zero-order valence-electron chi connectivity index (χ0n) is 19.6. The van der Waals surface area contributed by atoms with Crippen molar-refractivity contribution in [1.82, 2.24) is 15.5 Å². The van der Waals surface area contributed by atoms with Crippen LogP contribution in [0.2, 0.25) is 0 Å². The van der Waals surface area contributed by atoms with E-state index >= 15 is 0 Å². The molecule has 7 heteroatoms. The van der Waals surface area contributed by atoms with E-state index in [1.54, 1.807) is 0 Å². The van der Waals surface area contributed by atoms with Gasteiger partial charge in [0, 0.05) is 51.1 Å². The molecule has 176 valence electrons. The van der Waals surface area contributed by atoms with Crippen LogP contribution in [-0.4, -0.2) is 67.9 Å². The standard InChI is InChI=1S/C24H41N3O4/c1-14-17(4)30-22-16(3)23-20(12-19(14)22)15(2)18(24(29)31-23)6-7-21(28)26-8-5-10-27-11-9-25-13-27/h14-20,22-23,25H,5-13H2,1-4H3,(H,26,28). The van der Waals surface area contributed by atoms with E-state index in [9.17, 15) is 9.59 Å². The maximum Gasteiger partial charge on any atom is 0.309 e. The van der Waals surface area contributed by atoms with Gasteiger partial charge in [-0.05, 0) is 43.9 Å². The number of fused-ring (bicyclic) bond motifs is 2. The molecule has 3 heterocycles. The summed E-state index contributed by atoms with van der Waals surface area (Å²) in [4.78, 5) is 27.5. The number of hydrogen-bond acceptors (Lipinski definition) is 6. The van der Waals surface area contributed by atoms with Crippen LogP contribution >= 0.6 is 0 Å². The summed E-state index contributed by atoms with van der Waals surface area (Å²) in [6, 6.07) is 0. The van der Waals surface area contributed by atoms with Gasteiger partial charge in [-0.3, -0.25) is 14.5 Å². The van der Waals surface area contributed by atoms with Gasteiger partial charge in [0.05, 0.1) is 18.1 Å². The van der Waals surface area contributed by atoms with Gasteiger partial charge < -0.3 is 20.1 Å². The van der Waals surface area contributed by atoms with Crippen molar-refractivity contribution in [2.24, 2.45) is 35.5 Å². The summed E-state index contributed by atoms with van der Waals surface area (Å²) >= 11 is 0. The molecule has 3 saturated heterocycles. The van der Waals surface area contributed by atoms with E-state index in [-0.39, 0.29) is 47.9 Å². The Hall–Kier alpha value is -1.18. The first-order valence-electron chi connectivity index (χ1n) is 12.4. The molecule has 4 aliphatic rings. The Labute approximate surface area is 187 Å². The van der Waals surface area contributed by atoms with Crippen molar-refractivity contribution < 1.29 is 19.1 Å². The third kappa shape index (κ3) is 4.79. The lowest BCUT2D eigenvalue weighted by molar-refractivity contribution is -0.192. The second-order valence-corrected chi connectivity index (χ2v) is 10.5. The Morgan fingerprint density at radius 1 is 1.13 bits per heavy atom. The van der Waals surface area contributed by atoms with E-state index in [0.717, 1.165) is 39.1 Å². The summed E-state index contributed by atoms with van der Waals surface area (Å²) in [5.41, 5.74) is 0. The van der Waals surface area contributed by atoms with Gasteiger partial charge in [-0.25, -0.2) is 0 Å². The average molecular weight is 436 g/mol. The molecule has 2 N–H and O–H groups in total. The van der Waals surface area contributed by atoms with Gasteiger partial charge in [0.15, 0.2) is 0 Å². The Morgan fingerprint density at radius 3 is 2.65 bits per heavy atom. The minimum absolute atomic E-state index is 0.0467. The summed E-state index contributed by atoms with van der Waals surface area (Å²) in [6.45, 7) is 13.6. The van der Waals surface area contributed by atoms with Crippen LogP contribution in [0.4, 0.5) is 0 Å². The molecule has 9 unspecified atom stereocenters.